The molecule has 0 radical (unpaired) electrons. The molecule has 1 atom stereocenters. The van der Waals surface area contributed by atoms with Gasteiger partial charge >= 0.3 is 0 Å². The van der Waals surface area contributed by atoms with E-state index in [1.165, 1.54) is 26.8 Å². The summed E-state index contributed by atoms with van der Waals surface area (Å²) in [6, 6.07) is 14.9. The van der Waals surface area contributed by atoms with E-state index in [0.717, 1.165) is 12.0 Å². The van der Waals surface area contributed by atoms with E-state index in [4.69, 9.17) is 0 Å². The van der Waals surface area contributed by atoms with Crippen LogP contribution in [-0.4, -0.2) is 5.11 Å². The van der Waals surface area contributed by atoms with Crippen LogP contribution in [0.1, 0.15) is 18.1 Å². The molecule has 0 saturated heterocycles. The van der Waals surface area contributed by atoms with E-state index in [2.05, 4.69) is 48.5 Å². The number of aliphatic hydroxyl groups excluding tert-OH is 1. The molecule has 0 bridgehead atoms. The van der Waals surface area contributed by atoms with Gasteiger partial charge in [-0.05, 0) is 38.7 Å². The van der Waals surface area contributed by atoms with Crippen molar-refractivity contribution in [3.63, 3.8) is 0 Å². The first-order chi connectivity index (χ1) is 8.34. The first-order valence-corrected chi connectivity index (χ1v) is 5.97. The Hall–Kier alpha value is -1.86. The lowest BCUT2D eigenvalue weighted by Gasteiger charge is -2.18. The Kier molecular flexibility index (Phi) is 1.67. The first kappa shape index (κ1) is 9.20. The Morgan fingerprint density at radius 1 is 0.882 bits per heavy atom. The first-order valence-electron chi connectivity index (χ1n) is 5.97. The highest BCUT2D eigenvalue weighted by Gasteiger charge is 2.16. The summed E-state index contributed by atoms with van der Waals surface area (Å²) in [6.45, 7) is 0. The second-order valence-corrected chi connectivity index (χ2v) is 4.72. The second kappa shape index (κ2) is 3.08. The van der Waals surface area contributed by atoms with Gasteiger partial charge in [-0.3, -0.25) is 0 Å². The zero-order valence-electron chi connectivity index (χ0n) is 9.35. The molecule has 1 unspecified atom stereocenters. The van der Waals surface area contributed by atoms with E-state index >= 15 is 0 Å². The van der Waals surface area contributed by atoms with Crippen molar-refractivity contribution in [2.24, 2.45) is 0 Å². The van der Waals surface area contributed by atoms with Crippen LogP contribution in [0.4, 0.5) is 0 Å². The van der Waals surface area contributed by atoms with Crippen LogP contribution in [0.2, 0.25) is 0 Å². The molecule has 17 heavy (non-hydrogen) atoms. The van der Waals surface area contributed by atoms with Crippen LogP contribution in [0.5, 0.6) is 0 Å². The third-order valence-corrected chi connectivity index (χ3v) is 3.76. The molecule has 1 aliphatic rings. The van der Waals surface area contributed by atoms with Crippen LogP contribution in [0.3, 0.4) is 0 Å². The summed E-state index contributed by atoms with van der Waals surface area (Å²) in [5.74, 6) is 0. The van der Waals surface area contributed by atoms with Crippen LogP contribution in [0.15, 0.2) is 42.5 Å². The van der Waals surface area contributed by atoms with E-state index in [1.54, 1.807) is 0 Å². The maximum Gasteiger partial charge on any atom is 0.0831 e. The van der Waals surface area contributed by atoms with Crippen molar-refractivity contribution in [3.05, 3.63) is 53.2 Å². The molecule has 1 heteroatoms. The Bertz CT molecular complexity index is 770. The lowest BCUT2D eigenvalue weighted by atomic mass is 9.89. The third kappa shape index (κ3) is 1.12. The molecule has 0 saturated carbocycles. The molecule has 1 N–H and O–H groups in total. The molecule has 3 aromatic rings. The fourth-order valence-corrected chi connectivity index (χ4v) is 2.95. The average Bonchev–Trinajstić information content (AvgIpc) is 2.38. The molecule has 1 aliphatic carbocycles. The molecule has 3 aromatic carbocycles. The van der Waals surface area contributed by atoms with Crippen LogP contribution >= 0.6 is 0 Å². The minimum Gasteiger partial charge on any atom is -0.388 e. The zero-order valence-corrected chi connectivity index (χ0v) is 9.35. The van der Waals surface area contributed by atoms with Crippen molar-refractivity contribution in [1.82, 2.24) is 0 Å². The maximum atomic E-state index is 10.1. The quantitative estimate of drug-likeness (QED) is 0.617. The van der Waals surface area contributed by atoms with Crippen molar-refractivity contribution >= 4 is 27.6 Å². The van der Waals surface area contributed by atoms with Gasteiger partial charge in [0.15, 0.2) is 0 Å². The van der Waals surface area contributed by atoms with Crippen molar-refractivity contribution < 1.29 is 5.11 Å². The largest absolute Gasteiger partial charge is 0.388 e. The molecule has 0 amide bonds. The zero-order chi connectivity index (χ0) is 11.4. The lowest BCUT2D eigenvalue weighted by Crippen LogP contribution is -2.13. The Labute approximate surface area is 99.0 Å². The van der Waals surface area contributed by atoms with Crippen LogP contribution in [0, 0.1) is 0 Å². The van der Waals surface area contributed by atoms with Crippen LogP contribution in [0.25, 0.3) is 27.6 Å². The summed E-state index contributed by atoms with van der Waals surface area (Å²) in [7, 11) is 0. The predicted molar refractivity (Wildman–Crippen MR) is 70.7 cm³/mol. The standard InChI is InChI=1S/C16H12O/c17-14-9-7-12-5-4-10-2-1-3-11-6-8-13(14)16(12)15(10)11/h1-8,14,17H,9H2. The van der Waals surface area contributed by atoms with E-state index in [9.17, 15) is 5.11 Å². The van der Waals surface area contributed by atoms with Crippen LogP contribution < -0.4 is 5.22 Å². The van der Waals surface area contributed by atoms with Gasteiger partial charge in [0.2, 0.25) is 0 Å². The Morgan fingerprint density at radius 2 is 1.65 bits per heavy atom. The highest BCUT2D eigenvalue weighted by Crippen LogP contribution is 2.33. The number of hydrogen-bond donors (Lipinski definition) is 1. The van der Waals surface area contributed by atoms with Crippen molar-refractivity contribution in [3.8, 4) is 0 Å². The highest BCUT2D eigenvalue weighted by atomic mass is 16.3. The van der Waals surface area contributed by atoms with Gasteiger partial charge in [0, 0.05) is 0 Å². The molecule has 0 aliphatic heterocycles. The van der Waals surface area contributed by atoms with Crippen LogP contribution in [-0.2, 0) is 0 Å². The van der Waals surface area contributed by atoms with Gasteiger partial charge in [-0.15, -0.1) is 0 Å². The van der Waals surface area contributed by atoms with Gasteiger partial charge in [-0.1, -0.05) is 48.5 Å². The van der Waals surface area contributed by atoms with Gasteiger partial charge in [-0.2, -0.15) is 0 Å². The molecule has 1 nitrogen and oxygen atoms in total. The number of hydrogen-bond acceptors (Lipinski definition) is 1. The summed E-state index contributed by atoms with van der Waals surface area (Å²) in [6.07, 6.45) is 2.51. The smallest absolute Gasteiger partial charge is 0.0831 e. The Morgan fingerprint density at radius 3 is 2.47 bits per heavy atom. The third-order valence-electron chi connectivity index (χ3n) is 3.76. The topological polar surface area (TPSA) is 20.2 Å². The minimum absolute atomic E-state index is 0.349. The summed E-state index contributed by atoms with van der Waals surface area (Å²) < 4.78 is 0. The molecule has 82 valence electrons. The SMILES string of the molecule is OC1CC=c2ccc3cccc4ccc1c2c43. The molecule has 0 spiro atoms. The molecule has 0 heterocycles. The molecule has 0 fully saturated rings. The normalized spacial score (nSPS) is 18.5. The Balaban J connectivity index is 2.40. The van der Waals surface area contributed by atoms with Crippen molar-refractivity contribution in [2.75, 3.05) is 0 Å². The number of rotatable bonds is 0. The predicted octanol–water partition coefficient (Wildman–Crippen LogP) is 2.93. The average molecular weight is 220 g/mol. The minimum atomic E-state index is -0.349. The number of aliphatic hydroxyl groups is 1. The maximum absolute atomic E-state index is 10.1. The summed E-state index contributed by atoms with van der Waals surface area (Å²) in [5.41, 5.74) is 1.08. The molecular weight excluding hydrogens is 208 g/mol. The summed E-state index contributed by atoms with van der Waals surface area (Å²) >= 11 is 0. The van der Waals surface area contributed by atoms with Gasteiger partial charge < -0.3 is 5.11 Å². The molecule has 4 rings (SSSR count). The monoisotopic (exact) mass is 220 g/mol. The number of benzene rings is 3. The molecular formula is C16H12O. The van der Waals surface area contributed by atoms with Gasteiger partial charge in [0.1, 0.15) is 0 Å². The van der Waals surface area contributed by atoms with E-state index in [0.29, 0.717) is 0 Å². The van der Waals surface area contributed by atoms with E-state index in [-0.39, 0.29) is 6.10 Å². The van der Waals surface area contributed by atoms with Crippen molar-refractivity contribution in [2.45, 2.75) is 12.5 Å². The van der Waals surface area contributed by atoms with E-state index < -0.39 is 0 Å². The van der Waals surface area contributed by atoms with Crippen molar-refractivity contribution in [1.29, 1.82) is 0 Å². The fourth-order valence-electron chi connectivity index (χ4n) is 2.95. The fraction of sp³-hybridized carbons (Fsp3) is 0.125. The highest BCUT2D eigenvalue weighted by molar-refractivity contribution is 6.11. The van der Waals surface area contributed by atoms with E-state index in [1.807, 2.05) is 0 Å². The second-order valence-electron chi connectivity index (χ2n) is 4.72. The van der Waals surface area contributed by atoms with Gasteiger partial charge in [-0.25, -0.2) is 0 Å². The van der Waals surface area contributed by atoms with Gasteiger partial charge in [0.05, 0.1) is 6.10 Å². The summed E-state index contributed by atoms with van der Waals surface area (Å²) in [5, 5.41) is 16.4. The lowest BCUT2D eigenvalue weighted by molar-refractivity contribution is 0.186. The molecule has 0 aromatic heterocycles. The van der Waals surface area contributed by atoms with Gasteiger partial charge in [0.25, 0.3) is 0 Å². The summed E-state index contributed by atoms with van der Waals surface area (Å²) in [4.78, 5) is 0.